The highest BCUT2D eigenvalue weighted by atomic mass is 32.2. The van der Waals surface area contributed by atoms with Crippen molar-refractivity contribution < 1.29 is 8.42 Å². The van der Waals surface area contributed by atoms with Gasteiger partial charge in [0.1, 0.15) is 5.01 Å². The smallest absolute Gasteiger partial charge is 0.191 e. The topological polar surface area (TPSA) is 83.5 Å². The minimum absolute atomic E-state index is 0.364. The molecule has 0 atom stereocenters. The Morgan fingerprint density at radius 2 is 1.77 bits per heavy atom. The first kappa shape index (κ1) is 22.0. The standard InChI is InChI=1S/C22H26N4O2S2/c1-15-12-17(10-11-20(15)30(4,27)28)13-24-22(23-3)25-14-19-16(2)26-21(29-19)18-8-6-5-7-9-18/h5-12H,13-14H2,1-4H3,(H2,23,24,25). The number of aryl methyl sites for hydroxylation is 2. The monoisotopic (exact) mass is 442 g/mol. The van der Waals surface area contributed by atoms with Gasteiger partial charge in [0, 0.05) is 30.3 Å². The summed E-state index contributed by atoms with van der Waals surface area (Å²) in [5.74, 6) is 0.675. The average molecular weight is 443 g/mol. The Labute approximate surface area is 182 Å². The average Bonchev–Trinajstić information content (AvgIpc) is 3.08. The van der Waals surface area contributed by atoms with E-state index in [4.69, 9.17) is 0 Å². The lowest BCUT2D eigenvalue weighted by molar-refractivity contribution is 0.601. The molecule has 8 heteroatoms. The third-order valence-corrected chi connectivity index (χ3v) is 7.12. The van der Waals surface area contributed by atoms with Crippen LogP contribution in [0.25, 0.3) is 10.6 Å². The van der Waals surface area contributed by atoms with E-state index >= 15 is 0 Å². The van der Waals surface area contributed by atoms with Gasteiger partial charge < -0.3 is 10.6 Å². The maximum absolute atomic E-state index is 11.8. The van der Waals surface area contributed by atoms with Crippen LogP contribution in [-0.4, -0.2) is 32.7 Å². The quantitative estimate of drug-likeness (QED) is 0.449. The van der Waals surface area contributed by atoms with Gasteiger partial charge in [-0.3, -0.25) is 4.99 Å². The summed E-state index contributed by atoms with van der Waals surface area (Å²) in [4.78, 5) is 10.5. The van der Waals surface area contributed by atoms with E-state index in [1.54, 1.807) is 24.5 Å². The van der Waals surface area contributed by atoms with Gasteiger partial charge in [-0.15, -0.1) is 11.3 Å². The number of rotatable bonds is 6. The maximum Gasteiger partial charge on any atom is 0.191 e. The van der Waals surface area contributed by atoms with Gasteiger partial charge in [-0.2, -0.15) is 0 Å². The molecule has 0 aliphatic rings. The fourth-order valence-electron chi connectivity index (χ4n) is 3.10. The summed E-state index contributed by atoms with van der Waals surface area (Å²) in [6.45, 7) is 5.00. The van der Waals surface area contributed by atoms with E-state index in [1.807, 2.05) is 44.2 Å². The molecule has 3 rings (SSSR count). The first-order valence-electron chi connectivity index (χ1n) is 9.53. The molecule has 3 aromatic rings. The number of nitrogens with one attached hydrogen (secondary N) is 2. The largest absolute Gasteiger partial charge is 0.352 e. The second kappa shape index (κ2) is 9.40. The fraction of sp³-hybridized carbons (Fsp3) is 0.273. The van der Waals surface area contributed by atoms with Crippen LogP contribution < -0.4 is 10.6 Å². The lowest BCUT2D eigenvalue weighted by Crippen LogP contribution is -2.36. The maximum atomic E-state index is 11.8. The summed E-state index contributed by atoms with van der Waals surface area (Å²) in [5.41, 5.74) is 3.86. The summed E-state index contributed by atoms with van der Waals surface area (Å²) >= 11 is 1.67. The fourth-order valence-corrected chi connectivity index (χ4v) is 5.07. The molecular weight excluding hydrogens is 416 g/mol. The number of aromatic nitrogens is 1. The summed E-state index contributed by atoms with van der Waals surface area (Å²) in [7, 11) is -1.48. The van der Waals surface area contributed by atoms with E-state index in [1.165, 1.54) is 6.26 Å². The molecule has 2 N–H and O–H groups in total. The van der Waals surface area contributed by atoms with Gasteiger partial charge in [-0.1, -0.05) is 42.5 Å². The highest BCUT2D eigenvalue weighted by Gasteiger charge is 2.12. The number of aliphatic imine (C=N–C) groups is 1. The molecule has 1 aromatic heterocycles. The second-order valence-corrected chi connectivity index (χ2v) is 10.1. The number of nitrogens with zero attached hydrogens (tertiary/aromatic N) is 2. The van der Waals surface area contributed by atoms with E-state index in [9.17, 15) is 8.42 Å². The van der Waals surface area contributed by atoms with Crippen LogP contribution in [0, 0.1) is 13.8 Å². The molecular formula is C22H26N4O2S2. The second-order valence-electron chi connectivity index (χ2n) is 7.04. The Morgan fingerprint density at radius 1 is 1.07 bits per heavy atom. The molecule has 30 heavy (non-hydrogen) atoms. The number of benzene rings is 2. The van der Waals surface area contributed by atoms with Gasteiger partial charge in [0.25, 0.3) is 0 Å². The zero-order valence-corrected chi connectivity index (χ0v) is 19.2. The predicted octanol–water partition coefficient (Wildman–Crippen LogP) is 3.70. The van der Waals surface area contributed by atoms with Crippen molar-refractivity contribution in [3.8, 4) is 10.6 Å². The molecule has 0 amide bonds. The van der Waals surface area contributed by atoms with Gasteiger partial charge >= 0.3 is 0 Å². The molecule has 0 radical (unpaired) electrons. The molecule has 1 heterocycles. The molecule has 0 bridgehead atoms. The zero-order chi connectivity index (χ0) is 21.7. The highest BCUT2D eigenvalue weighted by molar-refractivity contribution is 7.90. The Balaban J connectivity index is 1.61. The molecule has 0 saturated heterocycles. The normalized spacial score (nSPS) is 12.1. The Kier molecular flexibility index (Phi) is 6.89. The van der Waals surface area contributed by atoms with Crippen LogP contribution in [0.5, 0.6) is 0 Å². The van der Waals surface area contributed by atoms with Crippen LogP contribution >= 0.6 is 11.3 Å². The summed E-state index contributed by atoms with van der Waals surface area (Å²) in [6, 6.07) is 15.5. The molecule has 0 spiro atoms. The number of hydrogen-bond donors (Lipinski definition) is 2. The van der Waals surface area contributed by atoms with Gasteiger partial charge in [0.05, 0.1) is 17.1 Å². The number of thiazole rings is 1. The van der Waals surface area contributed by atoms with Crippen molar-refractivity contribution in [3.05, 3.63) is 70.2 Å². The molecule has 0 unspecified atom stereocenters. The molecule has 0 aliphatic carbocycles. The highest BCUT2D eigenvalue weighted by Crippen LogP contribution is 2.27. The summed E-state index contributed by atoms with van der Waals surface area (Å²) in [6.07, 6.45) is 1.23. The van der Waals surface area contributed by atoms with Gasteiger partial charge in [0.2, 0.25) is 0 Å². The molecule has 0 fully saturated rings. The van der Waals surface area contributed by atoms with Gasteiger partial charge in [-0.05, 0) is 31.0 Å². The van der Waals surface area contributed by atoms with Crippen LogP contribution in [0.15, 0.2) is 58.4 Å². The van der Waals surface area contributed by atoms with Crippen molar-refractivity contribution in [3.63, 3.8) is 0 Å². The first-order valence-corrected chi connectivity index (χ1v) is 12.2. The van der Waals surface area contributed by atoms with E-state index in [-0.39, 0.29) is 0 Å². The van der Waals surface area contributed by atoms with E-state index < -0.39 is 9.84 Å². The van der Waals surface area contributed by atoms with Crippen molar-refractivity contribution >= 4 is 27.1 Å². The third-order valence-electron chi connectivity index (χ3n) is 4.65. The number of hydrogen-bond acceptors (Lipinski definition) is 5. The van der Waals surface area contributed by atoms with Crippen LogP contribution in [0.4, 0.5) is 0 Å². The molecule has 0 aliphatic heterocycles. The zero-order valence-electron chi connectivity index (χ0n) is 17.6. The number of sulfone groups is 1. The van der Waals surface area contributed by atoms with Crippen molar-refractivity contribution in [2.75, 3.05) is 13.3 Å². The van der Waals surface area contributed by atoms with Crippen molar-refractivity contribution in [2.24, 2.45) is 4.99 Å². The molecule has 0 saturated carbocycles. The van der Waals surface area contributed by atoms with E-state index in [2.05, 4.69) is 32.7 Å². The van der Waals surface area contributed by atoms with Crippen molar-refractivity contribution in [1.29, 1.82) is 0 Å². The van der Waals surface area contributed by atoms with Crippen LogP contribution in [-0.2, 0) is 22.9 Å². The van der Waals surface area contributed by atoms with E-state index in [0.717, 1.165) is 32.3 Å². The van der Waals surface area contributed by atoms with Gasteiger partial charge in [0.15, 0.2) is 15.8 Å². The van der Waals surface area contributed by atoms with Gasteiger partial charge in [-0.25, -0.2) is 13.4 Å². The Morgan fingerprint density at radius 3 is 2.40 bits per heavy atom. The third kappa shape index (κ3) is 5.46. The van der Waals surface area contributed by atoms with Crippen LogP contribution in [0.2, 0.25) is 0 Å². The Hall–Kier alpha value is -2.71. The minimum Gasteiger partial charge on any atom is -0.352 e. The SMILES string of the molecule is CN=C(NCc1ccc(S(C)(=O)=O)c(C)c1)NCc1sc(-c2ccccc2)nc1C. The minimum atomic E-state index is -3.21. The molecule has 2 aromatic carbocycles. The van der Waals surface area contributed by atoms with Crippen LogP contribution in [0.1, 0.15) is 21.7 Å². The first-order chi connectivity index (χ1) is 14.3. The van der Waals surface area contributed by atoms with Crippen LogP contribution in [0.3, 0.4) is 0 Å². The van der Waals surface area contributed by atoms with Crippen molar-refractivity contribution in [2.45, 2.75) is 31.8 Å². The predicted molar refractivity (Wildman–Crippen MR) is 124 cm³/mol. The lowest BCUT2D eigenvalue weighted by atomic mass is 10.1. The Bertz CT molecular complexity index is 1150. The summed E-state index contributed by atoms with van der Waals surface area (Å²) in [5, 5.41) is 7.61. The summed E-state index contributed by atoms with van der Waals surface area (Å²) < 4.78 is 23.5. The number of guanidine groups is 1. The lowest BCUT2D eigenvalue weighted by Gasteiger charge is -2.12. The van der Waals surface area contributed by atoms with E-state index in [0.29, 0.717) is 23.9 Å². The molecule has 6 nitrogen and oxygen atoms in total. The molecule has 158 valence electrons. The van der Waals surface area contributed by atoms with Crippen molar-refractivity contribution in [1.82, 2.24) is 15.6 Å².